The molecule has 1 amide bonds. The molecule has 11 nitrogen and oxygen atoms in total. The van der Waals surface area contributed by atoms with Gasteiger partial charge < -0.3 is 15.4 Å². The van der Waals surface area contributed by atoms with E-state index in [-0.39, 0.29) is 33.9 Å². The van der Waals surface area contributed by atoms with Crippen LogP contribution in [0.4, 0.5) is 16.6 Å². The zero-order valence-corrected chi connectivity index (χ0v) is 26.9. The number of carbonyl (C=O) groups excluding carboxylic acids is 1. The van der Waals surface area contributed by atoms with Crippen molar-refractivity contribution in [3.63, 3.8) is 0 Å². The van der Waals surface area contributed by atoms with Gasteiger partial charge in [-0.15, -0.1) is 0 Å². The summed E-state index contributed by atoms with van der Waals surface area (Å²) in [7, 11) is -3.91. The molecule has 13 heteroatoms. The first-order valence-corrected chi connectivity index (χ1v) is 16.3. The number of ether oxygens (including phenoxy) is 1. The maximum absolute atomic E-state index is 12.8. The number of hydrogen-bond donors (Lipinski definition) is 3. The molecule has 4 aromatic rings. The zero-order chi connectivity index (χ0) is 31.6. The summed E-state index contributed by atoms with van der Waals surface area (Å²) in [4.78, 5) is 30.5. The summed E-state index contributed by atoms with van der Waals surface area (Å²) in [5, 5.41) is 6.54. The Labute approximate surface area is 262 Å². The third-order valence-electron chi connectivity index (χ3n) is 7.27. The molecule has 5 rings (SSSR count). The molecular formula is C31H36ClN7O4S. The summed E-state index contributed by atoms with van der Waals surface area (Å²) < 4.78 is 33.6. The van der Waals surface area contributed by atoms with Crippen molar-refractivity contribution in [2.75, 3.05) is 10.0 Å². The highest BCUT2D eigenvalue weighted by molar-refractivity contribution is 7.92. The monoisotopic (exact) mass is 637 g/mol. The molecule has 3 heterocycles. The van der Waals surface area contributed by atoms with Crippen LogP contribution < -0.4 is 15.4 Å². The minimum atomic E-state index is -3.91. The van der Waals surface area contributed by atoms with Crippen molar-refractivity contribution in [3.8, 4) is 11.3 Å². The van der Waals surface area contributed by atoms with Crippen LogP contribution in [0.15, 0.2) is 53.7 Å². The van der Waals surface area contributed by atoms with E-state index in [2.05, 4.69) is 25.3 Å². The van der Waals surface area contributed by atoms with Crippen LogP contribution in [0.2, 0.25) is 5.02 Å². The Kier molecular flexibility index (Phi) is 8.94. The summed E-state index contributed by atoms with van der Waals surface area (Å²) in [6.45, 7) is 9.39. The van der Waals surface area contributed by atoms with Crippen molar-refractivity contribution in [2.24, 2.45) is 0 Å². The standard InChI is InChI=1S/C31H36ClN7O4S/c1-18-15-27(39-44(41,42)26-9-7-6-8-23(26)32)33-16-22(18)24-14-19(2)28-25(37-24)17-34-29(38-28)35-20-10-12-21(13-11-20)36-30(40)43-31(3,4)5/h6-9,14-17,20-21H,10-13H2,1-5H3,(H,33,39)(H,36,40)(H,34,35,38). The van der Waals surface area contributed by atoms with Crippen LogP contribution in [-0.4, -0.2) is 52.1 Å². The van der Waals surface area contributed by atoms with Crippen molar-refractivity contribution in [2.45, 2.75) is 82.9 Å². The van der Waals surface area contributed by atoms with Gasteiger partial charge in [0.1, 0.15) is 21.8 Å². The Bertz CT molecular complexity index is 1800. The van der Waals surface area contributed by atoms with Crippen LogP contribution in [0.25, 0.3) is 22.3 Å². The number of amides is 1. The number of fused-ring (bicyclic) bond motifs is 1. The first-order valence-electron chi connectivity index (χ1n) is 14.4. The number of benzene rings is 1. The number of rotatable bonds is 7. The maximum Gasteiger partial charge on any atom is 0.407 e. The molecule has 1 saturated carbocycles. The fourth-order valence-electron chi connectivity index (χ4n) is 5.16. The van der Waals surface area contributed by atoms with Crippen molar-refractivity contribution in [1.29, 1.82) is 0 Å². The molecular weight excluding hydrogens is 602 g/mol. The van der Waals surface area contributed by atoms with Crippen LogP contribution in [0, 0.1) is 13.8 Å². The SMILES string of the molecule is Cc1cc(NS(=O)(=O)c2ccccc2Cl)ncc1-c1cc(C)c2nc(NC3CCC(NC(=O)OC(C)(C)C)CC3)ncc2n1. The van der Waals surface area contributed by atoms with E-state index in [1.165, 1.54) is 12.1 Å². The van der Waals surface area contributed by atoms with E-state index >= 15 is 0 Å². The van der Waals surface area contributed by atoms with Crippen LogP contribution in [0.3, 0.4) is 0 Å². The lowest BCUT2D eigenvalue weighted by atomic mass is 9.91. The van der Waals surface area contributed by atoms with Gasteiger partial charge in [0.25, 0.3) is 10.0 Å². The molecule has 1 aliphatic rings. The summed E-state index contributed by atoms with van der Waals surface area (Å²) in [5.74, 6) is 0.712. The smallest absolute Gasteiger partial charge is 0.407 e. The quantitative estimate of drug-likeness (QED) is 0.209. The van der Waals surface area contributed by atoms with Crippen LogP contribution in [0.5, 0.6) is 0 Å². The first kappa shape index (κ1) is 31.4. The first-order chi connectivity index (χ1) is 20.8. The normalized spacial score (nSPS) is 17.2. The molecule has 0 spiro atoms. The number of hydrogen-bond acceptors (Lipinski definition) is 9. The summed E-state index contributed by atoms with van der Waals surface area (Å²) in [5.41, 5.74) is 4.00. The Hall–Kier alpha value is -4.03. The largest absolute Gasteiger partial charge is 0.444 e. The van der Waals surface area contributed by atoms with Crippen LogP contribution in [-0.2, 0) is 14.8 Å². The van der Waals surface area contributed by atoms with Crippen molar-refractivity contribution >= 4 is 50.5 Å². The van der Waals surface area contributed by atoms with Gasteiger partial charge in [-0.2, -0.15) is 0 Å². The van der Waals surface area contributed by atoms with Gasteiger partial charge >= 0.3 is 6.09 Å². The molecule has 232 valence electrons. The number of aromatic nitrogens is 4. The lowest BCUT2D eigenvalue weighted by Crippen LogP contribution is -2.42. The van der Waals surface area contributed by atoms with Crippen molar-refractivity contribution < 1.29 is 17.9 Å². The van der Waals surface area contributed by atoms with Gasteiger partial charge in [-0.05, 0) is 95.7 Å². The number of nitrogens with zero attached hydrogens (tertiary/aromatic N) is 4. The number of halogens is 1. The second-order valence-electron chi connectivity index (χ2n) is 12.0. The van der Waals surface area contributed by atoms with E-state index in [1.807, 2.05) is 40.7 Å². The van der Waals surface area contributed by atoms with Gasteiger partial charge in [-0.3, -0.25) is 4.72 Å². The molecule has 0 bridgehead atoms. The van der Waals surface area contributed by atoms with Gasteiger partial charge in [-0.1, -0.05) is 23.7 Å². The van der Waals surface area contributed by atoms with E-state index in [4.69, 9.17) is 26.3 Å². The molecule has 0 aliphatic heterocycles. The van der Waals surface area contributed by atoms with Gasteiger partial charge in [-0.25, -0.2) is 33.1 Å². The second kappa shape index (κ2) is 12.5. The van der Waals surface area contributed by atoms with Gasteiger partial charge in [0.15, 0.2) is 0 Å². The average molecular weight is 638 g/mol. The number of anilines is 2. The van der Waals surface area contributed by atoms with E-state index in [0.29, 0.717) is 17.2 Å². The highest BCUT2D eigenvalue weighted by Crippen LogP contribution is 2.29. The minimum Gasteiger partial charge on any atom is -0.444 e. The van der Waals surface area contributed by atoms with Gasteiger partial charge in [0.05, 0.1) is 22.4 Å². The molecule has 0 unspecified atom stereocenters. The average Bonchev–Trinajstić information content (AvgIpc) is 2.93. The molecule has 0 saturated heterocycles. The second-order valence-corrected chi connectivity index (χ2v) is 14.1. The lowest BCUT2D eigenvalue weighted by Gasteiger charge is -2.30. The highest BCUT2D eigenvalue weighted by Gasteiger charge is 2.25. The zero-order valence-electron chi connectivity index (χ0n) is 25.3. The topological polar surface area (TPSA) is 148 Å². The third-order valence-corrected chi connectivity index (χ3v) is 9.12. The summed E-state index contributed by atoms with van der Waals surface area (Å²) in [6, 6.07) is 10.1. The Morgan fingerprint density at radius 1 is 0.955 bits per heavy atom. The molecule has 0 radical (unpaired) electrons. The molecule has 1 aliphatic carbocycles. The maximum atomic E-state index is 12.8. The number of alkyl carbamates (subject to hydrolysis) is 1. The molecule has 3 N–H and O–H groups in total. The van der Waals surface area contributed by atoms with Crippen molar-refractivity contribution in [3.05, 3.63) is 64.9 Å². The predicted molar refractivity (Wildman–Crippen MR) is 171 cm³/mol. The fraction of sp³-hybridized carbons (Fsp3) is 0.387. The van der Waals surface area contributed by atoms with Crippen LogP contribution >= 0.6 is 11.6 Å². The molecule has 1 fully saturated rings. The molecule has 3 aromatic heterocycles. The summed E-state index contributed by atoms with van der Waals surface area (Å²) >= 11 is 6.09. The van der Waals surface area contributed by atoms with Gasteiger partial charge in [0, 0.05) is 23.8 Å². The minimum absolute atomic E-state index is 0.0197. The Balaban J connectivity index is 1.25. The van der Waals surface area contributed by atoms with Gasteiger partial charge in [0.2, 0.25) is 5.95 Å². The van der Waals surface area contributed by atoms with E-state index in [9.17, 15) is 13.2 Å². The number of pyridine rings is 2. The molecule has 1 aromatic carbocycles. The highest BCUT2D eigenvalue weighted by atomic mass is 35.5. The Morgan fingerprint density at radius 2 is 1.66 bits per heavy atom. The Morgan fingerprint density at radius 3 is 2.34 bits per heavy atom. The fourth-order valence-corrected chi connectivity index (χ4v) is 6.68. The molecule has 44 heavy (non-hydrogen) atoms. The number of carbonyl (C=O) groups is 1. The third kappa shape index (κ3) is 7.54. The number of nitrogens with one attached hydrogen (secondary N) is 3. The van der Waals surface area contributed by atoms with Crippen LogP contribution in [0.1, 0.15) is 57.6 Å². The van der Waals surface area contributed by atoms with Crippen molar-refractivity contribution in [1.82, 2.24) is 25.3 Å². The lowest BCUT2D eigenvalue weighted by molar-refractivity contribution is 0.0492. The van der Waals surface area contributed by atoms with E-state index in [0.717, 1.165) is 47.9 Å². The predicted octanol–water partition coefficient (Wildman–Crippen LogP) is 6.41. The number of aryl methyl sites for hydroxylation is 2. The van der Waals surface area contributed by atoms with E-state index in [1.54, 1.807) is 30.6 Å². The number of sulfonamides is 1. The molecule has 0 atom stereocenters. The summed E-state index contributed by atoms with van der Waals surface area (Å²) in [6.07, 6.45) is 6.33. The van der Waals surface area contributed by atoms with E-state index < -0.39 is 15.6 Å².